The Kier molecular flexibility index (Phi) is 5.89. The summed E-state index contributed by atoms with van der Waals surface area (Å²) in [4.78, 5) is 39.0. The first kappa shape index (κ1) is 21.0. The highest BCUT2D eigenvalue weighted by atomic mass is 32.1. The predicted molar refractivity (Wildman–Crippen MR) is 127 cm³/mol. The molecule has 0 aliphatic heterocycles. The molecule has 32 heavy (non-hydrogen) atoms. The molecule has 0 spiro atoms. The van der Waals surface area contributed by atoms with Gasteiger partial charge in [0.15, 0.2) is 0 Å². The molecule has 0 radical (unpaired) electrons. The number of aryl methyl sites for hydroxylation is 4. The van der Waals surface area contributed by atoms with E-state index in [1.807, 2.05) is 24.4 Å². The van der Waals surface area contributed by atoms with E-state index in [4.69, 9.17) is 4.74 Å². The summed E-state index contributed by atoms with van der Waals surface area (Å²) in [6.45, 7) is 2.19. The molecule has 8 heteroatoms. The van der Waals surface area contributed by atoms with Crippen molar-refractivity contribution in [3.63, 3.8) is 0 Å². The van der Waals surface area contributed by atoms with E-state index in [-0.39, 0.29) is 24.6 Å². The highest BCUT2D eigenvalue weighted by Gasteiger charge is 2.20. The van der Waals surface area contributed by atoms with Crippen molar-refractivity contribution >= 4 is 38.9 Å². The van der Waals surface area contributed by atoms with Crippen molar-refractivity contribution in [1.29, 1.82) is 0 Å². The summed E-state index contributed by atoms with van der Waals surface area (Å²) in [5.74, 6) is 0.205. The van der Waals surface area contributed by atoms with Crippen molar-refractivity contribution in [3.05, 3.63) is 67.5 Å². The number of nitrogens with zero attached hydrogens (tertiary/aromatic N) is 2. The molecule has 4 aromatic rings. The maximum absolute atomic E-state index is 12.6. The summed E-state index contributed by atoms with van der Waals surface area (Å²) in [6, 6.07) is 8.19. The van der Waals surface area contributed by atoms with Gasteiger partial charge in [0.25, 0.3) is 5.56 Å². The quantitative estimate of drug-likeness (QED) is 0.406. The number of esters is 1. The van der Waals surface area contributed by atoms with E-state index in [1.165, 1.54) is 33.8 Å². The minimum absolute atomic E-state index is 0.0936. The van der Waals surface area contributed by atoms with Gasteiger partial charge < -0.3 is 9.72 Å². The van der Waals surface area contributed by atoms with Crippen molar-refractivity contribution in [2.75, 3.05) is 0 Å². The number of fused-ring (bicyclic) bond motifs is 3. The van der Waals surface area contributed by atoms with Crippen LogP contribution in [0.2, 0.25) is 0 Å². The molecule has 6 nitrogen and oxygen atoms in total. The lowest BCUT2D eigenvalue weighted by molar-refractivity contribution is -0.145. The topological polar surface area (TPSA) is 84.9 Å². The molecule has 1 aromatic carbocycles. The predicted octanol–water partition coefficient (Wildman–Crippen LogP) is 4.97. The van der Waals surface area contributed by atoms with Gasteiger partial charge in [-0.3, -0.25) is 9.59 Å². The second kappa shape index (κ2) is 8.96. The first-order valence-corrected chi connectivity index (χ1v) is 12.5. The van der Waals surface area contributed by atoms with Crippen LogP contribution in [0.3, 0.4) is 0 Å². The van der Waals surface area contributed by atoms with E-state index in [1.54, 1.807) is 11.3 Å². The number of H-pyrrole nitrogens is 1. The van der Waals surface area contributed by atoms with Crippen LogP contribution in [0.5, 0.6) is 0 Å². The van der Waals surface area contributed by atoms with Gasteiger partial charge in [-0.05, 0) is 38.2 Å². The minimum Gasteiger partial charge on any atom is -0.459 e. The van der Waals surface area contributed by atoms with Gasteiger partial charge in [0, 0.05) is 22.2 Å². The van der Waals surface area contributed by atoms with E-state index >= 15 is 0 Å². The smallest absolute Gasteiger partial charge is 0.306 e. The van der Waals surface area contributed by atoms with Gasteiger partial charge >= 0.3 is 5.97 Å². The van der Waals surface area contributed by atoms with Crippen LogP contribution in [0.4, 0.5) is 0 Å². The van der Waals surface area contributed by atoms with Crippen molar-refractivity contribution in [2.45, 2.75) is 52.1 Å². The van der Waals surface area contributed by atoms with Crippen LogP contribution in [0.1, 0.15) is 46.8 Å². The highest BCUT2D eigenvalue weighted by Crippen LogP contribution is 2.33. The molecule has 0 unspecified atom stereocenters. The molecular formula is C24H23N3O3S2. The fourth-order valence-corrected chi connectivity index (χ4v) is 6.07. The van der Waals surface area contributed by atoms with E-state index in [0.717, 1.165) is 45.7 Å². The molecule has 0 bridgehead atoms. The van der Waals surface area contributed by atoms with E-state index < -0.39 is 0 Å². The molecule has 0 saturated heterocycles. The number of aromatic nitrogens is 3. The summed E-state index contributed by atoms with van der Waals surface area (Å²) in [5, 5.41) is 3.56. The molecule has 0 amide bonds. The fraction of sp³-hybridized carbons (Fsp3) is 0.333. The SMILES string of the molecule is Cc1ccc(-c2nc(COC(=O)CCc3nc4sc5c(c4c(=O)[nH]3)CCCC5)cs2)cc1. The second-order valence-corrected chi connectivity index (χ2v) is 10.0. The van der Waals surface area contributed by atoms with Crippen molar-refractivity contribution in [3.8, 4) is 10.6 Å². The van der Waals surface area contributed by atoms with Gasteiger partial charge in [-0.1, -0.05) is 29.8 Å². The Morgan fingerprint density at radius 1 is 1.16 bits per heavy atom. The molecular weight excluding hydrogens is 442 g/mol. The van der Waals surface area contributed by atoms with Gasteiger partial charge in [0.1, 0.15) is 22.3 Å². The van der Waals surface area contributed by atoms with Crippen LogP contribution in [-0.4, -0.2) is 20.9 Å². The van der Waals surface area contributed by atoms with E-state index in [0.29, 0.717) is 12.2 Å². The van der Waals surface area contributed by atoms with Crippen LogP contribution in [0, 0.1) is 6.92 Å². The third kappa shape index (κ3) is 4.38. The summed E-state index contributed by atoms with van der Waals surface area (Å²) in [5.41, 5.74) is 4.07. The molecule has 5 rings (SSSR count). The number of rotatable bonds is 6. The molecule has 0 saturated carbocycles. The Hall–Kier alpha value is -2.84. The van der Waals surface area contributed by atoms with Gasteiger partial charge in [0.2, 0.25) is 0 Å². The zero-order valence-electron chi connectivity index (χ0n) is 17.8. The van der Waals surface area contributed by atoms with Crippen LogP contribution >= 0.6 is 22.7 Å². The first-order chi connectivity index (χ1) is 15.6. The Balaban J connectivity index is 1.19. The number of thiophene rings is 1. The molecule has 1 aliphatic carbocycles. The number of ether oxygens (including phenoxy) is 1. The van der Waals surface area contributed by atoms with Crippen LogP contribution in [0.25, 0.3) is 20.8 Å². The average Bonchev–Trinajstić information content (AvgIpc) is 3.41. The molecule has 0 fully saturated rings. The van der Waals surface area contributed by atoms with E-state index in [9.17, 15) is 9.59 Å². The molecule has 1 aliphatic rings. The molecule has 3 aromatic heterocycles. The van der Waals surface area contributed by atoms with Crippen LogP contribution < -0.4 is 5.56 Å². The summed E-state index contributed by atoms with van der Waals surface area (Å²) in [6.07, 6.45) is 4.78. The molecule has 3 heterocycles. The van der Waals surface area contributed by atoms with Gasteiger partial charge in [-0.15, -0.1) is 22.7 Å². The van der Waals surface area contributed by atoms with Gasteiger partial charge in [0.05, 0.1) is 17.5 Å². The lowest BCUT2D eigenvalue weighted by atomic mass is 9.97. The zero-order chi connectivity index (χ0) is 22.1. The maximum Gasteiger partial charge on any atom is 0.306 e. The van der Waals surface area contributed by atoms with Gasteiger partial charge in [-0.25, -0.2) is 9.97 Å². The standard InChI is InChI=1S/C24H23N3O3S2/c1-14-6-8-15(9-7-14)23-25-16(13-31-23)12-30-20(28)11-10-19-26-22(29)21-17-4-2-3-5-18(17)32-24(21)27-19/h6-9,13H,2-5,10-12H2,1H3,(H,26,27,29). The summed E-state index contributed by atoms with van der Waals surface area (Å²) >= 11 is 3.15. The number of hydrogen-bond donors (Lipinski definition) is 1. The Bertz CT molecular complexity index is 1340. The minimum atomic E-state index is -0.330. The Morgan fingerprint density at radius 2 is 1.97 bits per heavy atom. The lowest BCUT2D eigenvalue weighted by Crippen LogP contribution is -2.14. The van der Waals surface area contributed by atoms with Crippen molar-refractivity contribution < 1.29 is 9.53 Å². The number of benzene rings is 1. The molecule has 0 atom stereocenters. The third-order valence-corrected chi connectivity index (χ3v) is 7.80. The Labute approximate surface area is 193 Å². The number of hydrogen-bond acceptors (Lipinski definition) is 7. The molecule has 164 valence electrons. The number of thiazole rings is 1. The first-order valence-electron chi connectivity index (χ1n) is 10.8. The summed E-state index contributed by atoms with van der Waals surface area (Å²) in [7, 11) is 0. The third-order valence-electron chi connectivity index (χ3n) is 5.67. The highest BCUT2D eigenvalue weighted by molar-refractivity contribution is 7.18. The Morgan fingerprint density at radius 3 is 2.81 bits per heavy atom. The number of aromatic amines is 1. The number of nitrogens with one attached hydrogen (secondary N) is 1. The number of carbonyl (C=O) groups excluding carboxylic acids is 1. The zero-order valence-corrected chi connectivity index (χ0v) is 19.4. The summed E-state index contributed by atoms with van der Waals surface area (Å²) < 4.78 is 5.39. The van der Waals surface area contributed by atoms with Crippen molar-refractivity contribution in [2.24, 2.45) is 0 Å². The van der Waals surface area contributed by atoms with Gasteiger partial charge in [-0.2, -0.15) is 0 Å². The van der Waals surface area contributed by atoms with Crippen LogP contribution in [0.15, 0.2) is 34.4 Å². The van der Waals surface area contributed by atoms with Crippen molar-refractivity contribution in [1.82, 2.24) is 15.0 Å². The fourth-order valence-electron chi connectivity index (χ4n) is 3.98. The largest absolute Gasteiger partial charge is 0.459 e. The van der Waals surface area contributed by atoms with Crippen LogP contribution in [-0.2, 0) is 35.4 Å². The van der Waals surface area contributed by atoms with E-state index in [2.05, 4.69) is 27.1 Å². The average molecular weight is 466 g/mol. The normalized spacial score (nSPS) is 13.3. The monoisotopic (exact) mass is 465 g/mol. The second-order valence-electron chi connectivity index (χ2n) is 8.07. The number of carbonyl (C=O) groups is 1. The lowest BCUT2D eigenvalue weighted by Gasteiger charge is -2.09. The maximum atomic E-state index is 12.6. The molecule has 1 N–H and O–H groups in total.